The molecule has 0 aliphatic rings. The molecule has 2 N–H and O–H groups in total. The van der Waals surface area contributed by atoms with Gasteiger partial charge in [-0.15, -0.1) is 0 Å². The number of carbonyl (C=O) groups excluding carboxylic acids is 1. The normalized spacial score (nSPS) is 11.0. The lowest BCUT2D eigenvalue weighted by molar-refractivity contribution is 0.0636. The van der Waals surface area contributed by atoms with Crippen LogP contribution in [0.2, 0.25) is 0 Å². The smallest absolute Gasteiger partial charge is 0.412 e. The summed E-state index contributed by atoms with van der Waals surface area (Å²) in [5.74, 6) is -0.247. The molecule has 0 heterocycles. The van der Waals surface area contributed by atoms with Crippen molar-refractivity contribution in [3.63, 3.8) is 0 Å². The number of benzene rings is 2. The molecule has 0 spiro atoms. The lowest BCUT2D eigenvalue weighted by Crippen LogP contribution is -2.27. The van der Waals surface area contributed by atoms with E-state index in [4.69, 9.17) is 4.74 Å². The van der Waals surface area contributed by atoms with E-state index in [0.29, 0.717) is 17.8 Å². The number of hydrogen-bond donors (Lipinski definition) is 2. The van der Waals surface area contributed by atoms with E-state index in [1.165, 1.54) is 6.07 Å². The Morgan fingerprint density at radius 3 is 2.48 bits per heavy atom. The Bertz CT molecular complexity index is 681. The van der Waals surface area contributed by atoms with E-state index in [-0.39, 0.29) is 5.82 Å². The summed E-state index contributed by atoms with van der Waals surface area (Å²) in [7, 11) is 0. The van der Waals surface area contributed by atoms with Crippen LogP contribution in [0.5, 0.6) is 0 Å². The zero-order valence-corrected chi connectivity index (χ0v) is 13.5. The summed E-state index contributed by atoms with van der Waals surface area (Å²) in [6.45, 7) is 5.78. The number of ether oxygens (including phenoxy) is 1. The Morgan fingerprint density at radius 2 is 1.78 bits per heavy atom. The summed E-state index contributed by atoms with van der Waals surface area (Å²) in [6.07, 6.45) is -0.510. The zero-order valence-electron chi connectivity index (χ0n) is 13.5. The average Bonchev–Trinajstić information content (AvgIpc) is 2.45. The predicted molar refractivity (Wildman–Crippen MR) is 90.0 cm³/mol. The summed E-state index contributed by atoms with van der Waals surface area (Å²) in [5.41, 5.74) is 1.42. The number of nitrogens with one attached hydrogen (secondary N) is 2. The van der Waals surface area contributed by atoms with Gasteiger partial charge in [-0.3, -0.25) is 5.32 Å². The molecule has 0 aliphatic carbocycles. The first-order valence-electron chi connectivity index (χ1n) is 7.41. The lowest BCUT2D eigenvalue weighted by Gasteiger charge is -2.19. The Labute approximate surface area is 135 Å². The maximum absolute atomic E-state index is 13.6. The van der Waals surface area contributed by atoms with Crippen molar-refractivity contribution in [3.05, 3.63) is 59.9 Å². The van der Waals surface area contributed by atoms with Gasteiger partial charge in [-0.2, -0.15) is 0 Å². The monoisotopic (exact) mass is 316 g/mol. The molecule has 23 heavy (non-hydrogen) atoms. The maximum Gasteiger partial charge on any atom is 0.412 e. The van der Waals surface area contributed by atoms with Crippen LogP contribution in [0.1, 0.15) is 26.3 Å². The van der Waals surface area contributed by atoms with Crippen molar-refractivity contribution in [1.29, 1.82) is 0 Å². The van der Waals surface area contributed by atoms with Crippen molar-refractivity contribution in [2.45, 2.75) is 32.9 Å². The average molecular weight is 316 g/mol. The molecular formula is C18H21FN2O2. The zero-order chi connectivity index (χ0) is 16.9. The third-order valence-corrected chi connectivity index (χ3v) is 2.95. The molecular weight excluding hydrogens is 295 g/mol. The molecule has 0 aliphatic heterocycles. The second kappa shape index (κ2) is 7.13. The molecule has 0 saturated heterocycles. The Morgan fingerprint density at radius 1 is 1.09 bits per heavy atom. The first-order valence-corrected chi connectivity index (χ1v) is 7.41. The number of rotatable bonds is 4. The highest BCUT2D eigenvalue weighted by atomic mass is 19.1. The van der Waals surface area contributed by atoms with Gasteiger partial charge in [0.1, 0.15) is 11.4 Å². The maximum atomic E-state index is 13.6. The predicted octanol–water partition coefficient (Wildman–Crippen LogP) is 4.78. The molecule has 0 radical (unpaired) electrons. The number of anilines is 2. The van der Waals surface area contributed by atoms with Crippen LogP contribution in [-0.4, -0.2) is 11.7 Å². The molecule has 0 saturated carbocycles. The highest BCUT2D eigenvalue weighted by Crippen LogP contribution is 2.18. The standard InChI is InChI=1S/C18H21FN2O2/c1-18(2,3)23-17(22)21-15-9-6-8-14(11-15)20-12-13-7-4-5-10-16(13)19/h4-11,20H,12H2,1-3H3,(H,21,22). The van der Waals surface area contributed by atoms with Gasteiger partial charge in [-0.05, 0) is 45.0 Å². The van der Waals surface area contributed by atoms with Gasteiger partial charge in [0.15, 0.2) is 0 Å². The number of carbonyl (C=O) groups is 1. The van der Waals surface area contributed by atoms with Gasteiger partial charge in [-0.1, -0.05) is 24.3 Å². The molecule has 5 heteroatoms. The van der Waals surface area contributed by atoms with Crippen molar-refractivity contribution >= 4 is 17.5 Å². The number of halogens is 1. The van der Waals surface area contributed by atoms with E-state index in [1.54, 1.807) is 57.2 Å². The molecule has 0 unspecified atom stereocenters. The minimum absolute atomic E-state index is 0.247. The van der Waals surface area contributed by atoms with Crippen molar-refractivity contribution in [2.75, 3.05) is 10.6 Å². The van der Waals surface area contributed by atoms with Crippen LogP contribution in [-0.2, 0) is 11.3 Å². The third-order valence-electron chi connectivity index (χ3n) is 2.95. The lowest BCUT2D eigenvalue weighted by atomic mass is 10.2. The molecule has 4 nitrogen and oxygen atoms in total. The summed E-state index contributed by atoms with van der Waals surface area (Å²) in [5, 5.41) is 5.80. The molecule has 122 valence electrons. The van der Waals surface area contributed by atoms with E-state index in [9.17, 15) is 9.18 Å². The minimum Gasteiger partial charge on any atom is -0.444 e. The Kier molecular flexibility index (Phi) is 5.21. The van der Waals surface area contributed by atoms with E-state index < -0.39 is 11.7 Å². The SMILES string of the molecule is CC(C)(C)OC(=O)Nc1cccc(NCc2ccccc2F)c1. The van der Waals surface area contributed by atoms with Crippen LogP contribution in [0.3, 0.4) is 0 Å². The van der Waals surface area contributed by atoms with Gasteiger partial charge in [0, 0.05) is 23.5 Å². The molecule has 0 bridgehead atoms. The Hall–Kier alpha value is -2.56. The summed E-state index contributed by atoms with van der Waals surface area (Å²) < 4.78 is 18.8. The fourth-order valence-corrected chi connectivity index (χ4v) is 1.97. The first-order chi connectivity index (χ1) is 10.8. The van der Waals surface area contributed by atoms with Gasteiger partial charge in [-0.25, -0.2) is 9.18 Å². The molecule has 2 rings (SSSR count). The van der Waals surface area contributed by atoms with Gasteiger partial charge < -0.3 is 10.1 Å². The van der Waals surface area contributed by atoms with Gasteiger partial charge in [0.05, 0.1) is 0 Å². The summed E-state index contributed by atoms with van der Waals surface area (Å²) >= 11 is 0. The first kappa shape index (κ1) is 16.8. The molecule has 1 amide bonds. The molecule has 2 aromatic rings. The van der Waals surface area contributed by atoms with Crippen LogP contribution >= 0.6 is 0 Å². The summed E-state index contributed by atoms with van der Waals surface area (Å²) in [6, 6.07) is 13.8. The minimum atomic E-state index is -0.551. The van der Waals surface area contributed by atoms with Crippen LogP contribution in [0.4, 0.5) is 20.6 Å². The van der Waals surface area contributed by atoms with Crippen LogP contribution < -0.4 is 10.6 Å². The third kappa shape index (κ3) is 5.62. The van der Waals surface area contributed by atoms with E-state index in [0.717, 1.165) is 5.69 Å². The number of hydrogen-bond acceptors (Lipinski definition) is 3. The van der Waals surface area contributed by atoms with Crippen LogP contribution in [0.25, 0.3) is 0 Å². The van der Waals surface area contributed by atoms with Crippen molar-refractivity contribution < 1.29 is 13.9 Å². The van der Waals surface area contributed by atoms with E-state index >= 15 is 0 Å². The van der Waals surface area contributed by atoms with Gasteiger partial charge in [0.25, 0.3) is 0 Å². The molecule has 0 aromatic heterocycles. The second-order valence-electron chi connectivity index (χ2n) is 6.15. The van der Waals surface area contributed by atoms with Gasteiger partial charge >= 0.3 is 6.09 Å². The fraction of sp³-hybridized carbons (Fsp3) is 0.278. The second-order valence-corrected chi connectivity index (χ2v) is 6.15. The van der Waals surface area contributed by atoms with Crippen molar-refractivity contribution in [3.8, 4) is 0 Å². The highest BCUT2D eigenvalue weighted by molar-refractivity contribution is 5.85. The quantitative estimate of drug-likeness (QED) is 0.853. The molecule has 0 fully saturated rings. The highest BCUT2D eigenvalue weighted by Gasteiger charge is 2.16. The van der Waals surface area contributed by atoms with E-state index in [1.807, 2.05) is 6.07 Å². The fourth-order valence-electron chi connectivity index (χ4n) is 1.97. The van der Waals surface area contributed by atoms with Crippen LogP contribution in [0, 0.1) is 5.82 Å². The molecule has 0 atom stereocenters. The topological polar surface area (TPSA) is 50.4 Å². The van der Waals surface area contributed by atoms with Crippen molar-refractivity contribution in [2.24, 2.45) is 0 Å². The Balaban J connectivity index is 1.97. The van der Waals surface area contributed by atoms with Crippen molar-refractivity contribution in [1.82, 2.24) is 0 Å². The largest absolute Gasteiger partial charge is 0.444 e. The van der Waals surface area contributed by atoms with Gasteiger partial charge in [0.2, 0.25) is 0 Å². The summed E-state index contributed by atoms with van der Waals surface area (Å²) in [4.78, 5) is 11.8. The number of amides is 1. The van der Waals surface area contributed by atoms with Crippen LogP contribution in [0.15, 0.2) is 48.5 Å². The van der Waals surface area contributed by atoms with E-state index in [2.05, 4.69) is 10.6 Å². The molecule has 2 aromatic carbocycles.